The zero-order valence-corrected chi connectivity index (χ0v) is 12.9. The van der Waals surface area contributed by atoms with Crippen LogP contribution in [0.25, 0.3) is 0 Å². The van der Waals surface area contributed by atoms with Crippen LogP contribution in [-0.2, 0) is 4.74 Å². The van der Waals surface area contributed by atoms with E-state index >= 15 is 0 Å². The van der Waals surface area contributed by atoms with Crippen LogP contribution in [0, 0.1) is 0 Å². The van der Waals surface area contributed by atoms with Gasteiger partial charge in [-0.1, -0.05) is 32.3 Å². The molecular formula is C16H27NOS. The summed E-state index contributed by atoms with van der Waals surface area (Å²) in [7, 11) is 0. The first-order chi connectivity index (χ1) is 9.40. The van der Waals surface area contributed by atoms with E-state index in [-0.39, 0.29) is 0 Å². The van der Waals surface area contributed by atoms with Gasteiger partial charge in [0.05, 0.1) is 6.10 Å². The van der Waals surface area contributed by atoms with Gasteiger partial charge in [-0.15, -0.1) is 11.3 Å². The normalized spacial score (nSPS) is 18.6. The molecule has 1 atom stereocenters. The Morgan fingerprint density at radius 2 is 2.21 bits per heavy atom. The number of thiophene rings is 1. The van der Waals surface area contributed by atoms with E-state index in [2.05, 4.69) is 29.8 Å². The lowest BCUT2D eigenvalue weighted by Gasteiger charge is -2.22. The Hall–Kier alpha value is -0.380. The van der Waals surface area contributed by atoms with E-state index in [0.717, 1.165) is 26.0 Å². The van der Waals surface area contributed by atoms with E-state index < -0.39 is 0 Å². The van der Waals surface area contributed by atoms with E-state index in [0.29, 0.717) is 12.1 Å². The number of ether oxygens (including phenoxy) is 1. The second-order valence-electron chi connectivity index (χ2n) is 5.41. The fourth-order valence-electron chi connectivity index (χ4n) is 2.77. The maximum atomic E-state index is 5.95. The third-order valence-electron chi connectivity index (χ3n) is 3.91. The van der Waals surface area contributed by atoms with Gasteiger partial charge in [-0.3, -0.25) is 0 Å². The first kappa shape index (κ1) is 15.0. The molecule has 0 radical (unpaired) electrons. The quantitative estimate of drug-likeness (QED) is 0.707. The Kier molecular flexibility index (Phi) is 6.90. The van der Waals surface area contributed by atoms with Crippen molar-refractivity contribution in [2.75, 3.05) is 13.2 Å². The molecule has 2 nitrogen and oxygen atoms in total. The van der Waals surface area contributed by atoms with Crippen molar-refractivity contribution in [1.29, 1.82) is 0 Å². The Morgan fingerprint density at radius 1 is 1.37 bits per heavy atom. The average molecular weight is 281 g/mol. The van der Waals surface area contributed by atoms with Crippen molar-refractivity contribution in [1.82, 2.24) is 5.32 Å². The Balaban J connectivity index is 1.55. The molecule has 1 aliphatic carbocycles. The summed E-state index contributed by atoms with van der Waals surface area (Å²) < 4.78 is 5.95. The van der Waals surface area contributed by atoms with Crippen molar-refractivity contribution in [3.8, 4) is 0 Å². The van der Waals surface area contributed by atoms with E-state index in [9.17, 15) is 0 Å². The second kappa shape index (κ2) is 8.72. The van der Waals surface area contributed by atoms with Crippen LogP contribution in [0.1, 0.15) is 62.8 Å². The molecule has 1 aliphatic rings. The van der Waals surface area contributed by atoms with Crippen molar-refractivity contribution in [3.05, 3.63) is 22.4 Å². The highest BCUT2D eigenvalue weighted by Crippen LogP contribution is 2.22. The number of rotatable bonds is 8. The Labute approximate surface area is 121 Å². The van der Waals surface area contributed by atoms with E-state index in [4.69, 9.17) is 4.74 Å². The molecule has 0 bridgehead atoms. The maximum Gasteiger partial charge on any atom is 0.0575 e. The molecule has 108 valence electrons. The van der Waals surface area contributed by atoms with Gasteiger partial charge in [0.15, 0.2) is 0 Å². The van der Waals surface area contributed by atoms with Gasteiger partial charge in [0.1, 0.15) is 0 Å². The summed E-state index contributed by atoms with van der Waals surface area (Å²) in [6.45, 7) is 4.22. The van der Waals surface area contributed by atoms with E-state index in [1.807, 2.05) is 11.3 Å². The van der Waals surface area contributed by atoms with Gasteiger partial charge in [0, 0.05) is 17.5 Å². The molecule has 0 aromatic carbocycles. The zero-order chi connectivity index (χ0) is 13.3. The minimum Gasteiger partial charge on any atom is -0.378 e. The standard InChI is InChI=1S/C16H27NOS/c1-2-15(16-10-6-13-19-16)17-11-7-12-18-14-8-4-3-5-9-14/h6,10,13-15,17H,2-5,7-9,11-12H2,1H3. The summed E-state index contributed by atoms with van der Waals surface area (Å²) in [5, 5.41) is 5.80. The van der Waals surface area contributed by atoms with Gasteiger partial charge in [-0.2, -0.15) is 0 Å². The van der Waals surface area contributed by atoms with Gasteiger partial charge < -0.3 is 10.1 Å². The molecule has 3 heteroatoms. The smallest absolute Gasteiger partial charge is 0.0575 e. The van der Waals surface area contributed by atoms with Crippen molar-refractivity contribution < 1.29 is 4.74 Å². The zero-order valence-electron chi connectivity index (χ0n) is 12.1. The van der Waals surface area contributed by atoms with Crippen molar-refractivity contribution >= 4 is 11.3 Å². The fraction of sp³-hybridized carbons (Fsp3) is 0.750. The lowest BCUT2D eigenvalue weighted by atomic mass is 9.98. The number of hydrogen-bond acceptors (Lipinski definition) is 3. The highest BCUT2D eigenvalue weighted by molar-refractivity contribution is 7.10. The van der Waals surface area contributed by atoms with Gasteiger partial charge in [0.25, 0.3) is 0 Å². The van der Waals surface area contributed by atoms with Crippen LogP contribution >= 0.6 is 11.3 Å². The summed E-state index contributed by atoms with van der Waals surface area (Å²) in [6.07, 6.45) is 9.51. The first-order valence-electron chi connectivity index (χ1n) is 7.78. The summed E-state index contributed by atoms with van der Waals surface area (Å²) >= 11 is 1.85. The fourth-order valence-corrected chi connectivity index (χ4v) is 3.65. The number of nitrogens with one attached hydrogen (secondary N) is 1. The Bertz CT molecular complexity index is 319. The van der Waals surface area contributed by atoms with Crippen LogP contribution in [0.15, 0.2) is 17.5 Å². The largest absolute Gasteiger partial charge is 0.378 e. The molecule has 1 unspecified atom stereocenters. The Morgan fingerprint density at radius 3 is 2.89 bits per heavy atom. The predicted octanol–water partition coefficient (Wildman–Crippen LogP) is 4.53. The van der Waals surface area contributed by atoms with Gasteiger partial charge in [-0.25, -0.2) is 0 Å². The lowest BCUT2D eigenvalue weighted by Crippen LogP contribution is -2.23. The molecule has 2 rings (SSSR count). The molecule has 0 spiro atoms. The molecule has 1 aromatic heterocycles. The molecule has 1 saturated carbocycles. The van der Waals surface area contributed by atoms with Crippen molar-refractivity contribution in [2.45, 2.75) is 64.0 Å². The lowest BCUT2D eigenvalue weighted by molar-refractivity contribution is 0.0271. The van der Waals surface area contributed by atoms with E-state index in [1.165, 1.54) is 37.0 Å². The summed E-state index contributed by atoms with van der Waals surface area (Å²) in [6, 6.07) is 4.88. The maximum absolute atomic E-state index is 5.95. The van der Waals surface area contributed by atoms with Crippen molar-refractivity contribution in [3.63, 3.8) is 0 Å². The van der Waals surface area contributed by atoms with Crippen LogP contribution in [0.3, 0.4) is 0 Å². The van der Waals surface area contributed by atoms with Crippen LogP contribution in [-0.4, -0.2) is 19.3 Å². The molecule has 0 aliphatic heterocycles. The summed E-state index contributed by atoms with van der Waals surface area (Å²) in [4.78, 5) is 1.45. The SMILES string of the molecule is CCC(NCCCOC1CCCCC1)c1cccs1. The molecule has 0 amide bonds. The monoisotopic (exact) mass is 281 g/mol. The van der Waals surface area contributed by atoms with Gasteiger partial charge >= 0.3 is 0 Å². The minimum atomic E-state index is 0.523. The van der Waals surface area contributed by atoms with Crippen molar-refractivity contribution in [2.24, 2.45) is 0 Å². The van der Waals surface area contributed by atoms with Gasteiger partial charge in [0.2, 0.25) is 0 Å². The molecule has 1 N–H and O–H groups in total. The highest BCUT2D eigenvalue weighted by atomic mass is 32.1. The molecule has 0 saturated heterocycles. The first-order valence-corrected chi connectivity index (χ1v) is 8.66. The third kappa shape index (κ3) is 5.25. The van der Waals surface area contributed by atoms with Gasteiger partial charge in [-0.05, 0) is 43.7 Å². The minimum absolute atomic E-state index is 0.523. The molecule has 19 heavy (non-hydrogen) atoms. The van der Waals surface area contributed by atoms with Crippen LogP contribution in [0.5, 0.6) is 0 Å². The van der Waals surface area contributed by atoms with E-state index in [1.54, 1.807) is 0 Å². The highest BCUT2D eigenvalue weighted by Gasteiger charge is 2.13. The molecular weight excluding hydrogens is 254 g/mol. The summed E-state index contributed by atoms with van der Waals surface area (Å²) in [5.41, 5.74) is 0. The number of hydrogen-bond donors (Lipinski definition) is 1. The van der Waals surface area contributed by atoms with Crippen LogP contribution in [0.4, 0.5) is 0 Å². The summed E-state index contributed by atoms with van der Waals surface area (Å²) in [5.74, 6) is 0. The molecule has 1 aromatic rings. The molecule has 1 fully saturated rings. The topological polar surface area (TPSA) is 21.3 Å². The second-order valence-corrected chi connectivity index (χ2v) is 6.39. The third-order valence-corrected chi connectivity index (χ3v) is 4.90. The van der Waals surface area contributed by atoms with Crippen LogP contribution < -0.4 is 5.32 Å². The van der Waals surface area contributed by atoms with Crippen LogP contribution in [0.2, 0.25) is 0 Å². The molecule has 1 heterocycles. The predicted molar refractivity (Wildman–Crippen MR) is 82.8 cm³/mol. The average Bonchev–Trinajstić information content (AvgIpc) is 2.98.